The Morgan fingerprint density at radius 3 is 2.91 bits per heavy atom. The van der Waals surface area contributed by atoms with Crippen molar-refractivity contribution >= 4 is 34.4 Å². The zero-order valence-corrected chi connectivity index (χ0v) is 17.3. The van der Waals surface area contributed by atoms with Gasteiger partial charge in [0, 0.05) is 44.8 Å². The van der Waals surface area contributed by atoms with Gasteiger partial charge >= 0.3 is 6.18 Å². The normalized spacial score (nSPS) is 19.0. The average Bonchev–Trinajstić information content (AvgIpc) is 3.36. The number of carbonyl (C=O) groups excluding carboxylic acids is 1. The van der Waals surface area contributed by atoms with Gasteiger partial charge in [0.2, 0.25) is 5.91 Å². The van der Waals surface area contributed by atoms with E-state index >= 15 is 0 Å². The highest BCUT2D eigenvalue weighted by Crippen LogP contribution is 2.32. The fourth-order valence-corrected chi connectivity index (χ4v) is 3.77. The Kier molecular flexibility index (Phi) is 5.91. The molecule has 0 bridgehead atoms. The molecule has 0 unspecified atom stereocenters. The first-order valence-electron chi connectivity index (χ1n) is 9.45. The maximum Gasteiger partial charge on any atom is 0.405 e. The summed E-state index contributed by atoms with van der Waals surface area (Å²) in [5.41, 5.74) is 1.01. The van der Waals surface area contributed by atoms with E-state index in [1.807, 2.05) is 5.32 Å². The van der Waals surface area contributed by atoms with Gasteiger partial charge in [-0.05, 0) is 6.07 Å². The molecule has 4 heterocycles. The van der Waals surface area contributed by atoms with Gasteiger partial charge in [-0.1, -0.05) is 11.6 Å². The number of alkyl halides is 3. The van der Waals surface area contributed by atoms with Crippen molar-refractivity contribution in [3.8, 4) is 11.4 Å². The number of pyridine rings is 1. The Hall–Kier alpha value is -2.99. The molecule has 32 heavy (non-hydrogen) atoms. The van der Waals surface area contributed by atoms with E-state index in [-0.39, 0.29) is 26.0 Å². The van der Waals surface area contributed by atoms with Gasteiger partial charge in [-0.15, -0.1) is 0 Å². The van der Waals surface area contributed by atoms with Crippen LogP contribution in [0.25, 0.3) is 22.4 Å². The van der Waals surface area contributed by atoms with Crippen molar-refractivity contribution in [3.63, 3.8) is 0 Å². The topological polar surface area (TPSA) is 96.0 Å². The monoisotopic (exact) mass is 474 g/mol. The summed E-state index contributed by atoms with van der Waals surface area (Å²) in [4.78, 5) is 29.2. The molecule has 1 fully saturated rings. The summed E-state index contributed by atoms with van der Waals surface area (Å²) >= 11 is 6.02. The summed E-state index contributed by atoms with van der Waals surface area (Å²) in [6, 6.07) is 0.547. The summed E-state index contributed by atoms with van der Waals surface area (Å²) in [6.45, 7) is -1.43. The molecule has 4 rings (SSSR count). The molecule has 172 valence electrons. The molecule has 0 radical (unpaired) electrons. The first-order chi connectivity index (χ1) is 15.2. The van der Waals surface area contributed by atoms with Crippen LogP contribution >= 0.6 is 11.6 Å². The number of ether oxygens (including phenoxy) is 1. The van der Waals surface area contributed by atoms with Crippen LogP contribution in [0.1, 0.15) is 7.85 Å². The molecule has 1 amide bonds. The molecular formula is C19H19ClF4N6O2. The van der Waals surface area contributed by atoms with Gasteiger partial charge in [0.05, 0.1) is 17.3 Å². The van der Waals surface area contributed by atoms with Gasteiger partial charge in [-0.3, -0.25) is 4.79 Å². The Balaban J connectivity index is 0.00000306. The Bertz CT molecular complexity index is 1160. The number of nitrogens with one attached hydrogen (secondary N) is 2. The van der Waals surface area contributed by atoms with E-state index in [0.717, 1.165) is 6.20 Å². The lowest BCUT2D eigenvalue weighted by Crippen LogP contribution is -2.46. The summed E-state index contributed by atoms with van der Waals surface area (Å²) < 4.78 is 57.6. The lowest BCUT2D eigenvalue weighted by atomic mass is 10.2. The molecule has 3 aromatic heterocycles. The van der Waals surface area contributed by atoms with Crippen molar-refractivity contribution < 1.29 is 28.5 Å². The fourth-order valence-electron chi connectivity index (χ4n) is 3.61. The van der Waals surface area contributed by atoms with Crippen LogP contribution in [0.5, 0.6) is 0 Å². The molecule has 2 atom stereocenters. The maximum absolute atomic E-state index is 14.7. The average molecular weight is 475 g/mol. The summed E-state index contributed by atoms with van der Waals surface area (Å²) in [6.07, 6.45) is -1.01. The predicted molar refractivity (Wildman–Crippen MR) is 110 cm³/mol. The number of H-pyrrole nitrogens is 1. The number of hydrogen-bond donors (Lipinski definition) is 2. The number of carbonyl (C=O) groups is 1. The number of aromatic amines is 1. The first kappa shape index (κ1) is 22.2. The third-order valence-corrected chi connectivity index (χ3v) is 5.30. The second-order valence-electron chi connectivity index (χ2n) is 7.21. The van der Waals surface area contributed by atoms with Gasteiger partial charge in [-0.25, -0.2) is 19.3 Å². The molecule has 0 aliphatic carbocycles. The highest BCUT2D eigenvalue weighted by atomic mass is 35.5. The molecule has 2 N–H and O–H groups in total. The minimum absolute atomic E-state index is 0. The van der Waals surface area contributed by atoms with Crippen molar-refractivity contribution in [2.45, 2.75) is 24.7 Å². The zero-order valence-electron chi connectivity index (χ0n) is 16.6. The molecule has 1 aliphatic rings. The second-order valence-corrected chi connectivity index (χ2v) is 7.65. The van der Waals surface area contributed by atoms with Gasteiger partial charge < -0.3 is 19.9 Å². The minimum Gasteiger partial charge on any atom is -0.380 e. The zero-order chi connectivity index (χ0) is 23.0. The van der Waals surface area contributed by atoms with Crippen LogP contribution in [0.3, 0.4) is 0 Å². The number of rotatable bonds is 5. The van der Waals surface area contributed by atoms with E-state index in [9.17, 15) is 22.4 Å². The maximum atomic E-state index is 14.7. The standard InChI is InChI=1S/C19H17ClF4N6O2.H2/c1-32-10-3-14(18(31)28-8-19(22,23)24)30(7-10)17-13(21)6-27-16(29-17)12-5-26-15-11(12)2-9(20)4-25-15;/h2,4-6,10,14H,3,7-8H2,1H3,(H,25,26)(H,28,31);1H/t10-,14-;/m1./s1. The van der Waals surface area contributed by atoms with Crippen molar-refractivity contribution in [2.75, 3.05) is 25.1 Å². The first-order valence-corrected chi connectivity index (χ1v) is 9.83. The van der Waals surface area contributed by atoms with Crippen LogP contribution in [0.4, 0.5) is 23.4 Å². The fraction of sp³-hybridized carbons (Fsp3) is 0.368. The molecule has 13 heteroatoms. The molecule has 0 aromatic carbocycles. The van der Waals surface area contributed by atoms with Crippen LogP contribution in [0.2, 0.25) is 5.02 Å². The largest absolute Gasteiger partial charge is 0.405 e. The molecule has 1 saturated heterocycles. The molecular weight excluding hydrogens is 456 g/mol. The molecule has 0 saturated carbocycles. The highest BCUT2D eigenvalue weighted by molar-refractivity contribution is 6.31. The Morgan fingerprint density at radius 2 is 2.19 bits per heavy atom. The van der Waals surface area contributed by atoms with E-state index in [1.54, 1.807) is 12.3 Å². The van der Waals surface area contributed by atoms with E-state index in [0.29, 0.717) is 21.6 Å². The molecule has 1 aliphatic heterocycles. The van der Waals surface area contributed by atoms with Gasteiger partial charge in [0.15, 0.2) is 17.5 Å². The van der Waals surface area contributed by atoms with Crippen LogP contribution in [-0.4, -0.2) is 64.4 Å². The lowest BCUT2D eigenvalue weighted by Gasteiger charge is -2.25. The summed E-state index contributed by atoms with van der Waals surface area (Å²) in [5, 5.41) is 2.83. The van der Waals surface area contributed by atoms with Gasteiger partial charge in [-0.2, -0.15) is 13.2 Å². The van der Waals surface area contributed by atoms with E-state index in [4.69, 9.17) is 16.3 Å². The summed E-state index contributed by atoms with van der Waals surface area (Å²) in [5.74, 6) is -1.81. The van der Waals surface area contributed by atoms with Crippen LogP contribution < -0.4 is 10.2 Å². The van der Waals surface area contributed by atoms with Crippen LogP contribution in [-0.2, 0) is 9.53 Å². The smallest absolute Gasteiger partial charge is 0.380 e. The number of nitrogens with zero attached hydrogens (tertiary/aromatic N) is 4. The quantitative estimate of drug-likeness (QED) is 0.551. The number of methoxy groups -OCH3 is 1. The SMILES string of the molecule is CO[C@@H]1C[C@H](C(=O)NCC(F)(F)F)N(c2nc(-c3c[nH]c4ncc(Cl)cc34)ncc2F)C1.[HH]. The number of amides is 1. The molecule has 8 nitrogen and oxygen atoms in total. The van der Waals surface area contributed by atoms with Gasteiger partial charge in [0.1, 0.15) is 18.2 Å². The van der Waals surface area contributed by atoms with Crippen molar-refractivity contribution in [2.24, 2.45) is 0 Å². The second kappa shape index (κ2) is 8.51. The number of anilines is 1. The molecule has 3 aromatic rings. The van der Waals surface area contributed by atoms with Crippen LogP contribution in [0.15, 0.2) is 24.7 Å². The third-order valence-electron chi connectivity index (χ3n) is 5.10. The third kappa shape index (κ3) is 4.46. The van der Waals surface area contributed by atoms with Crippen molar-refractivity contribution in [1.29, 1.82) is 0 Å². The van der Waals surface area contributed by atoms with Crippen molar-refractivity contribution in [1.82, 2.24) is 25.3 Å². The Morgan fingerprint density at radius 1 is 1.41 bits per heavy atom. The van der Waals surface area contributed by atoms with Crippen LogP contribution in [0, 0.1) is 5.82 Å². The Labute approximate surface area is 185 Å². The highest BCUT2D eigenvalue weighted by Gasteiger charge is 2.40. The molecule has 0 spiro atoms. The van der Waals surface area contributed by atoms with Gasteiger partial charge in [0.25, 0.3) is 0 Å². The number of hydrogen-bond acceptors (Lipinski definition) is 6. The number of fused-ring (bicyclic) bond motifs is 1. The number of aromatic nitrogens is 4. The predicted octanol–water partition coefficient (Wildman–Crippen LogP) is 3.33. The number of halogens is 5. The summed E-state index contributed by atoms with van der Waals surface area (Å²) in [7, 11) is 1.41. The van der Waals surface area contributed by atoms with Crippen molar-refractivity contribution in [3.05, 3.63) is 35.5 Å². The minimum atomic E-state index is -4.57. The van der Waals surface area contributed by atoms with E-state index in [1.165, 1.54) is 18.2 Å². The van der Waals surface area contributed by atoms with E-state index < -0.39 is 36.6 Å². The lowest BCUT2D eigenvalue weighted by molar-refractivity contribution is -0.139. The van der Waals surface area contributed by atoms with E-state index in [2.05, 4.69) is 19.9 Å².